The van der Waals surface area contributed by atoms with Crippen molar-refractivity contribution in [3.8, 4) is 5.75 Å². The van der Waals surface area contributed by atoms with Crippen LogP contribution < -0.4 is 10.6 Å². The molecule has 2 amide bonds. The third-order valence-electron chi connectivity index (χ3n) is 7.92. The third-order valence-corrected chi connectivity index (χ3v) is 7.92. The van der Waals surface area contributed by atoms with E-state index in [0.717, 1.165) is 43.4 Å². The highest BCUT2D eigenvalue weighted by atomic mass is 19.1. The molecule has 2 fully saturated rings. The standard InChI is InChI=1S/C30H39FN2O5/c31-23-11-12-24(27(34)18-23)30(37)33-26(17-20-7-3-1-4-8-20)28(35)19-25(21-9-5-2-6-10-21)32-29(36)22-13-15-38-16-14-22/h1,3-4,7-8,11-12,18,21-22,25-26,28,34-35H,2,5-6,9-10,13-17,19H2,(H,32,36)(H,33,37)/t25-,26+,28+/m1/s1. The first-order chi connectivity index (χ1) is 18.4. The van der Waals surface area contributed by atoms with Gasteiger partial charge in [0.1, 0.15) is 11.6 Å². The largest absolute Gasteiger partial charge is 0.507 e. The van der Waals surface area contributed by atoms with E-state index in [1.54, 1.807) is 0 Å². The molecule has 2 aliphatic rings. The summed E-state index contributed by atoms with van der Waals surface area (Å²) in [6.07, 6.45) is 6.44. The van der Waals surface area contributed by atoms with Gasteiger partial charge in [0.05, 0.1) is 17.7 Å². The molecule has 206 valence electrons. The summed E-state index contributed by atoms with van der Waals surface area (Å²) in [6.45, 7) is 1.16. The highest BCUT2D eigenvalue weighted by Crippen LogP contribution is 2.30. The summed E-state index contributed by atoms with van der Waals surface area (Å²) >= 11 is 0. The van der Waals surface area contributed by atoms with Crippen LogP contribution in [-0.4, -0.2) is 53.4 Å². The van der Waals surface area contributed by atoms with Crippen molar-refractivity contribution in [2.24, 2.45) is 11.8 Å². The molecule has 1 saturated heterocycles. The van der Waals surface area contributed by atoms with Crippen LogP contribution in [0.3, 0.4) is 0 Å². The van der Waals surface area contributed by atoms with Crippen molar-refractivity contribution in [2.75, 3.05) is 13.2 Å². The van der Waals surface area contributed by atoms with E-state index in [0.29, 0.717) is 38.9 Å². The van der Waals surface area contributed by atoms with Crippen LogP contribution in [-0.2, 0) is 16.0 Å². The maximum atomic E-state index is 13.5. The van der Waals surface area contributed by atoms with E-state index in [1.807, 2.05) is 30.3 Å². The van der Waals surface area contributed by atoms with Gasteiger partial charge in [-0.05, 0) is 62.1 Å². The van der Waals surface area contributed by atoms with E-state index in [9.17, 15) is 24.2 Å². The fourth-order valence-electron chi connectivity index (χ4n) is 5.68. The molecular weight excluding hydrogens is 487 g/mol. The topological polar surface area (TPSA) is 108 Å². The first kappa shape index (κ1) is 28.0. The number of rotatable bonds is 10. The summed E-state index contributed by atoms with van der Waals surface area (Å²) in [4.78, 5) is 26.2. The van der Waals surface area contributed by atoms with Crippen LogP contribution in [0.2, 0.25) is 0 Å². The van der Waals surface area contributed by atoms with Gasteiger partial charge in [-0.3, -0.25) is 9.59 Å². The second kappa shape index (κ2) is 13.7. The van der Waals surface area contributed by atoms with Gasteiger partial charge in [-0.1, -0.05) is 49.6 Å². The number of aromatic hydroxyl groups is 1. The zero-order valence-electron chi connectivity index (χ0n) is 21.8. The van der Waals surface area contributed by atoms with Crippen LogP contribution >= 0.6 is 0 Å². The summed E-state index contributed by atoms with van der Waals surface area (Å²) in [6, 6.07) is 11.9. The number of hydrogen-bond acceptors (Lipinski definition) is 5. The van der Waals surface area contributed by atoms with E-state index in [-0.39, 0.29) is 29.3 Å². The molecule has 4 N–H and O–H groups in total. The molecule has 2 aromatic carbocycles. The van der Waals surface area contributed by atoms with Crippen molar-refractivity contribution in [3.05, 3.63) is 65.5 Å². The second-order valence-corrected chi connectivity index (χ2v) is 10.6. The lowest BCUT2D eigenvalue weighted by Gasteiger charge is -2.35. The second-order valence-electron chi connectivity index (χ2n) is 10.6. The number of amides is 2. The maximum Gasteiger partial charge on any atom is 0.255 e. The maximum absolute atomic E-state index is 13.5. The van der Waals surface area contributed by atoms with Crippen LogP contribution in [0.4, 0.5) is 4.39 Å². The third kappa shape index (κ3) is 7.77. The van der Waals surface area contributed by atoms with Crippen molar-refractivity contribution < 1.29 is 28.9 Å². The fraction of sp³-hybridized carbons (Fsp3) is 0.533. The van der Waals surface area contributed by atoms with Gasteiger partial charge in [0, 0.05) is 31.2 Å². The number of benzene rings is 2. The normalized spacial score (nSPS) is 19.3. The molecule has 1 aliphatic carbocycles. The van der Waals surface area contributed by atoms with Crippen molar-refractivity contribution >= 4 is 11.8 Å². The number of halogens is 1. The van der Waals surface area contributed by atoms with Gasteiger partial charge < -0.3 is 25.6 Å². The van der Waals surface area contributed by atoms with Crippen LogP contribution in [0, 0.1) is 17.7 Å². The quantitative estimate of drug-likeness (QED) is 0.373. The zero-order chi connectivity index (χ0) is 26.9. The highest BCUT2D eigenvalue weighted by molar-refractivity contribution is 5.97. The van der Waals surface area contributed by atoms with Crippen molar-refractivity contribution in [3.63, 3.8) is 0 Å². The van der Waals surface area contributed by atoms with E-state index in [4.69, 9.17) is 4.74 Å². The van der Waals surface area contributed by atoms with Gasteiger partial charge >= 0.3 is 0 Å². The summed E-state index contributed by atoms with van der Waals surface area (Å²) in [7, 11) is 0. The van der Waals surface area contributed by atoms with Gasteiger partial charge in [0.2, 0.25) is 5.91 Å². The Morgan fingerprint density at radius 3 is 2.37 bits per heavy atom. The number of carbonyl (C=O) groups excluding carboxylic acids is 2. The van der Waals surface area contributed by atoms with Gasteiger partial charge in [0.15, 0.2) is 0 Å². The molecule has 38 heavy (non-hydrogen) atoms. The van der Waals surface area contributed by atoms with Crippen molar-refractivity contribution in [1.29, 1.82) is 0 Å². The minimum absolute atomic E-state index is 0.0101. The number of hydrogen-bond donors (Lipinski definition) is 4. The number of ether oxygens (including phenoxy) is 1. The minimum Gasteiger partial charge on any atom is -0.507 e. The molecule has 0 spiro atoms. The van der Waals surface area contributed by atoms with Crippen LogP contribution in [0.25, 0.3) is 0 Å². The van der Waals surface area contributed by atoms with E-state index in [2.05, 4.69) is 10.6 Å². The summed E-state index contributed by atoms with van der Waals surface area (Å²) in [5.41, 5.74) is 0.869. The van der Waals surface area contributed by atoms with Crippen molar-refractivity contribution in [2.45, 2.75) is 76.0 Å². The minimum atomic E-state index is -0.955. The molecule has 1 aliphatic heterocycles. The molecule has 0 bridgehead atoms. The lowest BCUT2D eigenvalue weighted by atomic mass is 9.80. The van der Waals surface area contributed by atoms with Crippen LogP contribution in [0.15, 0.2) is 48.5 Å². The Morgan fingerprint density at radius 1 is 0.974 bits per heavy atom. The predicted molar refractivity (Wildman–Crippen MR) is 142 cm³/mol. The first-order valence-electron chi connectivity index (χ1n) is 13.8. The number of aliphatic hydroxyl groups excluding tert-OH is 1. The van der Waals surface area contributed by atoms with E-state index < -0.39 is 29.6 Å². The number of aliphatic hydroxyl groups is 1. The van der Waals surface area contributed by atoms with Crippen molar-refractivity contribution in [1.82, 2.24) is 10.6 Å². The molecule has 3 atom stereocenters. The highest BCUT2D eigenvalue weighted by Gasteiger charge is 2.33. The van der Waals surface area contributed by atoms with Gasteiger partial charge in [0.25, 0.3) is 5.91 Å². The SMILES string of the molecule is O=C(N[C@@H](Cc1ccccc1)[C@@H](O)C[C@@H](NC(=O)C1CCOCC1)C1CCCCC1)c1ccc(F)cc1O. The number of carbonyl (C=O) groups is 2. The van der Waals surface area contributed by atoms with Gasteiger partial charge in [-0.2, -0.15) is 0 Å². The fourth-order valence-corrected chi connectivity index (χ4v) is 5.68. The Bertz CT molecular complexity index is 1050. The first-order valence-corrected chi connectivity index (χ1v) is 13.8. The molecule has 1 heterocycles. The monoisotopic (exact) mass is 526 g/mol. The number of phenols is 1. The van der Waals surface area contributed by atoms with E-state index in [1.165, 1.54) is 12.5 Å². The zero-order valence-corrected chi connectivity index (χ0v) is 21.8. The summed E-state index contributed by atoms with van der Waals surface area (Å²) in [5, 5.41) is 27.7. The Labute approximate surface area is 223 Å². The molecule has 8 heteroatoms. The summed E-state index contributed by atoms with van der Waals surface area (Å²) < 4.78 is 18.9. The molecular formula is C30H39FN2O5. The van der Waals surface area contributed by atoms with Gasteiger partial charge in [-0.15, -0.1) is 0 Å². The number of phenolic OH excluding ortho intramolecular Hbond substituents is 1. The smallest absolute Gasteiger partial charge is 0.255 e. The predicted octanol–water partition coefficient (Wildman–Crippen LogP) is 4.12. The average molecular weight is 527 g/mol. The Kier molecular flexibility index (Phi) is 10.1. The molecule has 7 nitrogen and oxygen atoms in total. The van der Waals surface area contributed by atoms with Crippen LogP contribution in [0.5, 0.6) is 5.75 Å². The average Bonchev–Trinajstić information content (AvgIpc) is 2.93. The molecule has 0 radical (unpaired) electrons. The lowest BCUT2D eigenvalue weighted by Crippen LogP contribution is -2.51. The molecule has 0 unspecified atom stereocenters. The molecule has 2 aromatic rings. The van der Waals surface area contributed by atoms with Gasteiger partial charge in [-0.25, -0.2) is 4.39 Å². The Balaban J connectivity index is 1.51. The lowest BCUT2D eigenvalue weighted by molar-refractivity contribution is -0.129. The summed E-state index contributed by atoms with van der Waals surface area (Å²) in [5.74, 6) is -1.52. The molecule has 0 aromatic heterocycles. The number of nitrogens with one attached hydrogen (secondary N) is 2. The van der Waals surface area contributed by atoms with E-state index >= 15 is 0 Å². The Morgan fingerprint density at radius 2 is 1.68 bits per heavy atom. The molecule has 1 saturated carbocycles. The Hall–Kier alpha value is -2.97. The van der Waals surface area contributed by atoms with Crippen LogP contribution in [0.1, 0.15) is 67.3 Å². The molecule has 4 rings (SSSR count).